The van der Waals surface area contributed by atoms with Crippen molar-refractivity contribution in [3.05, 3.63) is 35.4 Å². The van der Waals surface area contributed by atoms with Crippen molar-refractivity contribution in [3.63, 3.8) is 0 Å². The van der Waals surface area contributed by atoms with Crippen molar-refractivity contribution in [2.45, 2.75) is 11.7 Å². The number of hydrogen-bond acceptors (Lipinski definition) is 3. The van der Waals surface area contributed by atoms with Gasteiger partial charge < -0.3 is 0 Å². The van der Waals surface area contributed by atoms with Gasteiger partial charge >= 0.3 is 0 Å². The predicted octanol–water partition coefficient (Wildman–Crippen LogP) is 1.14. The fraction of sp³-hybridized carbons (Fsp3) is 0.300. The highest BCUT2D eigenvalue weighted by Crippen LogP contribution is 2.26. The second-order valence-electron chi connectivity index (χ2n) is 3.49. The smallest absolute Gasteiger partial charge is 0.191 e. The summed E-state index contributed by atoms with van der Waals surface area (Å²) in [5.41, 5.74) is 1.09. The van der Waals surface area contributed by atoms with E-state index in [1.807, 2.05) is 0 Å². The number of fused-ring (bicyclic) bond motifs is 1. The second kappa shape index (κ2) is 3.41. The Balaban J connectivity index is 2.44. The normalized spacial score (nSPS) is 20.3. The Hall–Kier alpha value is -1.23. The summed E-state index contributed by atoms with van der Waals surface area (Å²) in [6.45, 7) is 0. The van der Waals surface area contributed by atoms with Crippen LogP contribution in [0.2, 0.25) is 0 Å². The van der Waals surface area contributed by atoms with Crippen LogP contribution in [0.1, 0.15) is 15.9 Å². The number of carbonyl (C=O) groups is 1. The molecular weight excluding hydrogens is 219 g/mol. The number of alkyl halides is 1. The molecule has 0 spiro atoms. The molecule has 1 aliphatic rings. The van der Waals surface area contributed by atoms with E-state index in [2.05, 4.69) is 0 Å². The van der Waals surface area contributed by atoms with Gasteiger partial charge in [0, 0.05) is 5.56 Å². The molecule has 1 aromatic carbocycles. The Morgan fingerprint density at radius 1 is 1.33 bits per heavy atom. The number of benzene rings is 1. The molecule has 0 fully saturated rings. The molecule has 1 unspecified atom stereocenters. The van der Waals surface area contributed by atoms with Gasteiger partial charge in [0.15, 0.2) is 21.6 Å². The Morgan fingerprint density at radius 2 is 2.00 bits per heavy atom. The highest BCUT2D eigenvalue weighted by Gasteiger charge is 2.39. The van der Waals surface area contributed by atoms with Crippen LogP contribution in [-0.2, 0) is 16.3 Å². The number of carbonyl (C=O) groups excluding carboxylic acids is 1. The third kappa shape index (κ3) is 1.56. The zero-order chi connectivity index (χ0) is 11.1. The van der Waals surface area contributed by atoms with Crippen molar-refractivity contribution >= 4 is 15.6 Å². The van der Waals surface area contributed by atoms with E-state index in [-0.39, 0.29) is 6.42 Å². The van der Waals surface area contributed by atoms with Crippen LogP contribution in [0.15, 0.2) is 24.3 Å². The molecule has 3 nitrogen and oxygen atoms in total. The van der Waals surface area contributed by atoms with Gasteiger partial charge in [-0.15, -0.1) is 0 Å². The lowest BCUT2D eigenvalue weighted by Crippen LogP contribution is -2.28. The number of Topliss-reactive ketones (excluding diaryl/α,β-unsaturated/α-hetero) is 1. The monoisotopic (exact) mass is 228 g/mol. The van der Waals surface area contributed by atoms with Crippen molar-refractivity contribution in [3.8, 4) is 0 Å². The zero-order valence-corrected chi connectivity index (χ0v) is 8.63. The lowest BCUT2D eigenvalue weighted by atomic mass is 10.1. The first-order valence-electron chi connectivity index (χ1n) is 4.46. The summed E-state index contributed by atoms with van der Waals surface area (Å²) in [5.74, 6) is -0.483. The highest BCUT2D eigenvalue weighted by molar-refractivity contribution is 7.92. The van der Waals surface area contributed by atoms with Gasteiger partial charge in [-0.05, 0) is 12.0 Å². The topological polar surface area (TPSA) is 51.2 Å². The third-order valence-electron chi connectivity index (χ3n) is 2.57. The maximum absolute atomic E-state index is 12.3. The number of sulfone groups is 1. The van der Waals surface area contributed by atoms with Crippen LogP contribution in [0.3, 0.4) is 0 Å². The van der Waals surface area contributed by atoms with Gasteiger partial charge in [0.2, 0.25) is 0 Å². The summed E-state index contributed by atoms with van der Waals surface area (Å²) in [7, 11) is -3.93. The van der Waals surface area contributed by atoms with Gasteiger partial charge in [0.25, 0.3) is 0 Å². The zero-order valence-electron chi connectivity index (χ0n) is 7.81. The second-order valence-corrected chi connectivity index (χ2v) is 5.60. The third-order valence-corrected chi connectivity index (χ3v) is 4.12. The lowest BCUT2D eigenvalue weighted by molar-refractivity contribution is 0.0997. The van der Waals surface area contributed by atoms with Crippen LogP contribution in [0.4, 0.5) is 4.39 Å². The molecule has 0 heterocycles. The number of hydrogen-bond donors (Lipinski definition) is 0. The average Bonchev–Trinajstić information content (AvgIpc) is 2.58. The molecular formula is C10H9FO3S. The van der Waals surface area contributed by atoms with Crippen LogP contribution >= 0.6 is 0 Å². The van der Waals surface area contributed by atoms with Crippen LogP contribution in [0.25, 0.3) is 0 Å². The summed E-state index contributed by atoms with van der Waals surface area (Å²) >= 11 is 0. The molecule has 0 saturated carbocycles. The van der Waals surface area contributed by atoms with Gasteiger partial charge in [-0.25, -0.2) is 12.8 Å². The van der Waals surface area contributed by atoms with Crippen LogP contribution < -0.4 is 0 Å². The summed E-state index contributed by atoms with van der Waals surface area (Å²) in [4.78, 5) is 11.7. The molecule has 1 atom stereocenters. The number of halogens is 1. The van der Waals surface area contributed by atoms with E-state index in [4.69, 9.17) is 0 Å². The molecule has 1 aliphatic carbocycles. The first kappa shape index (κ1) is 10.3. The Kier molecular flexibility index (Phi) is 2.34. The van der Waals surface area contributed by atoms with Crippen molar-refractivity contribution < 1.29 is 17.6 Å². The Labute approximate surface area is 86.8 Å². The summed E-state index contributed by atoms with van der Waals surface area (Å²) in [6, 6.07) is 5.20. The highest BCUT2D eigenvalue weighted by atomic mass is 32.2. The number of ketones is 1. The summed E-state index contributed by atoms with van der Waals surface area (Å²) in [5, 5.41) is -1.22. The SMILES string of the molecule is O=C1c2ccccc2CC1S(=O)(=O)CF. The molecule has 2 rings (SSSR count). The van der Waals surface area contributed by atoms with E-state index < -0.39 is 26.9 Å². The predicted molar refractivity (Wildman–Crippen MR) is 53.2 cm³/mol. The fourth-order valence-electron chi connectivity index (χ4n) is 1.77. The van der Waals surface area contributed by atoms with Crippen LogP contribution in [-0.4, -0.2) is 25.5 Å². The standard InChI is InChI=1S/C10H9FO3S/c11-6-15(13,14)9-5-7-3-1-2-4-8(7)10(9)12/h1-4,9H,5-6H2. The maximum atomic E-state index is 12.3. The quantitative estimate of drug-likeness (QED) is 0.762. The van der Waals surface area contributed by atoms with E-state index in [0.717, 1.165) is 0 Å². The van der Waals surface area contributed by atoms with Gasteiger partial charge in [-0.2, -0.15) is 0 Å². The summed E-state index contributed by atoms with van der Waals surface area (Å²) < 4.78 is 34.8. The Morgan fingerprint density at radius 3 is 2.60 bits per heavy atom. The van der Waals surface area contributed by atoms with Crippen molar-refractivity contribution in [2.75, 3.05) is 6.01 Å². The van der Waals surface area contributed by atoms with Gasteiger partial charge in [0.1, 0.15) is 5.25 Å². The molecule has 0 saturated heterocycles. The average molecular weight is 228 g/mol. The molecule has 0 aliphatic heterocycles. The number of rotatable bonds is 2. The molecule has 1 aromatic rings. The first-order valence-corrected chi connectivity index (χ1v) is 6.17. The molecule has 0 amide bonds. The largest absolute Gasteiger partial charge is 0.293 e. The molecule has 0 N–H and O–H groups in total. The van der Waals surface area contributed by atoms with Gasteiger partial charge in [-0.3, -0.25) is 4.79 Å². The van der Waals surface area contributed by atoms with E-state index in [9.17, 15) is 17.6 Å². The minimum absolute atomic E-state index is 0.0985. The molecule has 15 heavy (non-hydrogen) atoms. The Bertz CT molecular complexity index is 507. The van der Waals surface area contributed by atoms with E-state index in [1.54, 1.807) is 24.3 Å². The minimum atomic E-state index is -3.93. The first-order chi connectivity index (χ1) is 7.06. The van der Waals surface area contributed by atoms with Crippen molar-refractivity contribution in [1.29, 1.82) is 0 Å². The van der Waals surface area contributed by atoms with Crippen molar-refractivity contribution in [1.82, 2.24) is 0 Å². The molecule has 0 bridgehead atoms. The fourth-order valence-corrected chi connectivity index (χ4v) is 2.81. The van der Waals surface area contributed by atoms with Gasteiger partial charge in [-0.1, -0.05) is 24.3 Å². The molecule has 0 radical (unpaired) electrons. The maximum Gasteiger partial charge on any atom is 0.191 e. The molecule has 0 aromatic heterocycles. The van der Waals surface area contributed by atoms with E-state index >= 15 is 0 Å². The van der Waals surface area contributed by atoms with Gasteiger partial charge in [0.05, 0.1) is 0 Å². The molecule has 80 valence electrons. The minimum Gasteiger partial charge on any atom is -0.293 e. The summed E-state index contributed by atoms with van der Waals surface area (Å²) in [6.07, 6.45) is 0.0985. The lowest BCUT2D eigenvalue weighted by Gasteiger charge is -2.04. The van der Waals surface area contributed by atoms with E-state index in [0.29, 0.717) is 11.1 Å². The van der Waals surface area contributed by atoms with Crippen LogP contribution in [0.5, 0.6) is 0 Å². The van der Waals surface area contributed by atoms with E-state index in [1.165, 1.54) is 0 Å². The van der Waals surface area contributed by atoms with Crippen molar-refractivity contribution in [2.24, 2.45) is 0 Å². The van der Waals surface area contributed by atoms with Crippen LogP contribution in [0, 0.1) is 0 Å². The molecule has 5 heteroatoms.